The molecule has 0 atom stereocenters. The number of nitrogens with zero attached hydrogens (tertiary/aromatic N) is 3. The minimum atomic E-state index is -0.00280. The molecule has 6 nitrogen and oxygen atoms in total. The van der Waals surface area contributed by atoms with Gasteiger partial charge in [0.2, 0.25) is 11.7 Å². The summed E-state index contributed by atoms with van der Waals surface area (Å²) in [5, 5.41) is 4.12. The highest BCUT2D eigenvalue weighted by Crippen LogP contribution is 2.30. The van der Waals surface area contributed by atoms with Gasteiger partial charge in [-0.3, -0.25) is 4.79 Å². The Hall–Kier alpha value is -2.67. The molecule has 0 N–H and O–H groups in total. The van der Waals surface area contributed by atoms with Crippen LogP contribution in [0.15, 0.2) is 57.5 Å². The first-order valence-corrected chi connectivity index (χ1v) is 9.97. The van der Waals surface area contributed by atoms with Gasteiger partial charge in [-0.15, -0.1) is 0 Å². The molecule has 144 valence electrons. The maximum absolute atomic E-state index is 12.8. The number of carbonyl (C=O) groups excluding carboxylic acids is 1. The Morgan fingerprint density at radius 3 is 2.57 bits per heavy atom. The summed E-state index contributed by atoms with van der Waals surface area (Å²) < 4.78 is 11.8. The SMILES string of the molecule is COc1ccccc1C(=O)N1CCC(c2nc(-c3ccc(Br)cc3)no2)CC1. The van der Waals surface area contributed by atoms with Crippen LogP contribution in [0.5, 0.6) is 5.75 Å². The van der Waals surface area contributed by atoms with Crippen LogP contribution in [0.1, 0.15) is 35.0 Å². The number of halogens is 1. The lowest BCUT2D eigenvalue weighted by atomic mass is 9.96. The van der Waals surface area contributed by atoms with Crippen molar-refractivity contribution in [1.82, 2.24) is 15.0 Å². The summed E-state index contributed by atoms with van der Waals surface area (Å²) in [6, 6.07) is 15.1. The van der Waals surface area contributed by atoms with Gasteiger partial charge in [-0.25, -0.2) is 0 Å². The van der Waals surface area contributed by atoms with Crippen LogP contribution in [0.2, 0.25) is 0 Å². The number of ether oxygens (including phenoxy) is 1. The standard InChI is InChI=1S/C21H20BrN3O3/c1-27-18-5-3-2-4-17(18)21(26)25-12-10-15(11-13-25)20-23-19(24-28-20)14-6-8-16(22)9-7-14/h2-9,15H,10-13H2,1H3. The molecule has 0 aliphatic carbocycles. The third-order valence-electron chi connectivity index (χ3n) is 5.01. The van der Waals surface area contributed by atoms with Crippen LogP contribution in [-0.4, -0.2) is 41.1 Å². The fraction of sp³-hybridized carbons (Fsp3) is 0.286. The largest absolute Gasteiger partial charge is 0.496 e. The molecule has 0 radical (unpaired) electrons. The van der Waals surface area contributed by atoms with Gasteiger partial charge in [0.15, 0.2) is 0 Å². The highest BCUT2D eigenvalue weighted by Gasteiger charge is 2.29. The van der Waals surface area contributed by atoms with Gasteiger partial charge in [0.1, 0.15) is 5.75 Å². The van der Waals surface area contributed by atoms with E-state index in [0.29, 0.717) is 36.1 Å². The van der Waals surface area contributed by atoms with Crippen molar-refractivity contribution >= 4 is 21.8 Å². The second kappa shape index (κ2) is 8.14. The highest BCUT2D eigenvalue weighted by molar-refractivity contribution is 9.10. The van der Waals surface area contributed by atoms with Crippen molar-refractivity contribution in [3.05, 3.63) is 64.5 Å². The molecule has 4 rings (SSSR count). The maximum atomic E-state index is 12.8. The molecule has 1 fully saturated rings. The smallest absolute Gasteiger partial charge is 0.257 e. The molecule has 3 aromatic rings. The van der Waals surface area contributed by atoms with Crippen LogP contribution in [0.4, 0.5) is 0 Å². The fourth-order valence-electron chi connectivity index (χ4n) is 3.44. The van der Waals surface area contributed by atoms with E-state index >= 15 is 0 Å². The molecular weight excluding hydrogens is 422 g/mol. The van der Waals surface area contributed by atoms with Gasteiger partial charge in [0, 0.05) is 29.0 Å². The summed E-state index contributed by atoms with van der Waals surface area (Å²) >= 11 is 3.42. The van der Waals surface area contributed by atoms with Crippen molar-refractivity contribution in [2.24, 2.45) is 0 Å². The van der Waals surface area contributed by atoms with E-state index in [9.17, 15) is 4.79 Å². The molecule has 28 heavy (non-hydrogen) atoms. The van der Waals surface area contributed by atoms with Crippen molar-refractivity contribution in [1.29, 1.82) is 0 Å². The second-order valence-electron chi connectivity index (χ2n) is 6.73. The van der Waals surface area contributed by atoms with E-state index in [-0.39, 0.29) is 11.8 Å². The van der Waals surface area contributed by atoms with Crippen LogP contribution in [0.25, 0.3) is 11.4 Å². The molecule has 0 spiro atoms. The Kier molecular flexibility index (Phi) is 5.43. The summed E-state index contributed by atoms with van der Waals surface area (Å²) in [5.74, 6) is 2.00. The first-order chi connectivity index (χ1) is 13.7. The van der Waals surface area contributed by atoms with E-state index in [2.05, 4.69) is 26.1 Å². The zero-order valence-electron chi connectivity index (χ0n) is 15.5. The number of hydrogen-bond donors (Lipinski definition) is 0. The number of benzene rings is 2. The monoisotopic (exact) mass is 441 g/mol. The van der Waals surface area contributed by atoms with E-state index < -0.39 is 0 Å². The molecule has 1 aliphatic rings. The molecule has 1 saturated heterocycles. The number of hydrogen-bond acceptors (Lipinski definition) is 5. The van der Waals surface area contributed by atoms with Crippen LogP contribution >= 0.6 is 15.9 Å². The third-order valence-corrected chi connectivity index (χ3v) is 5.54. The summed E-state index contributed by atoms with van der Waals surface area (Å²) in [6.07, 6.45) is 1.59. The molecule has 7 heteroatoms. The van der Waals surface area contributed by atoms with Crippen molar-refractivity contribution in [3.8, 4) is 17.1 Å². The fourth-order valence-corrected chi connectivity index (χ4v) is 3.70. The Labute approximate surface area is 171 Å². The zero-order valence-corrected chi connectivity index (χ0v) is 17.1. The molecule has 0 bridgehead atoms. The highest BCUT2D eigenvalue weighted by atomic mass is 79.9. The van der Waals surface area contributed by atoms with E-state index in [0.717, 1.165) is 22.9 Å². The van der Waals surface area contributed by atoms with E-state index in [4.69, 9.17) is 9.26 Å². The topological polar surface area (TPSA) is 68.5 Å². The molecule has 1 aromatic heterocycles. The molecule has 0 saturated carbocycles. The molecule has 2 aromatic carbocycles. The average Bonchev–Trinajstić information content (AvgIpc) is 3.24. The summed E-state index contributed by atoms with van der Waals surface area (Å²) in [7, 11) is 1.58. The Balaban J connectivity index is 1.42. The zero-order chi connectivity index (χ0) is 19.5. The lowest BCUT2D eigenvalue weighted by Gasteiger charge is -2.30. The van der Waals surface area contributed by atoms with Crippen LogP contribution < -0.4 is 4.74 Å². The predicted molar refractivity (Wildman–Crippen MR) is 108 cm³/mol. The average molecular weight is 442 g/mol. The Morgan fingerprint density at radius 2 is 1.86 bits per heavy atom. The van der Waals surface area contributed by atoms with Gasteiger partial charge in [0.05, 0.1) is 12.7 Å². The number of carbonyl (C=O) groups is 1. The Bertz CT molecular complexity index is 963. The normalized spacial score (nSPS) is 14.9. The van der Waals surface area contributed by atoms with Crippen molar-refractivity contribution in [2.45, 2.75) is 18.8 Å². The Morgan fingerprint density at radius 1 is 1.14 bits per heavy atom. The summed E-state index contributed by atoms with van der Waals surface area (Å²) in [6.45, 7) is 1.30. The summed E-state index contributed by atoms with van der Waals surface area (Å²) in [4.78, 5) is 19.3. The number of methoxy groups -OCH3 is 1. The molecule has 1 amide bonds. The first-order valence-electron chi connectivity index (χ1n) is 9.17. The van der Waals surface area contributed by atoms with Gasteiger partial charge in [-0.1, -0.05) is 33.2 Å². The minimum absolute atomic E-state index is 0.00280. The lowest BCUT2D eigenvalue weighted by molar-refractivity contribution is 0.0701. The summed E-state index contributed by atoms with van der Waals surface area (Å²) in [5.41, 5.74) is 1.51. The van der Waals surface area contributed by atoms with Gasteiger partial charge >= 0.3 is 0 Å². The lowest BCUT2D eigenvalue weighted by Crippen LogP contribution is -2.38. The van der Waals surface area contributed by atoms with Crippen molar-refractivity contribution in [2.75, 3.05) is 20.2 Å². The number of rotatable bonds is 4. The molecule has 0 unspecified atom stereocenters. The first kappa shape index (κ1) is 18.7. The molecule has 1 aliphatic heterocycles. The number of para-hydroxylation sites is 1. The van der Waals surface area contributed by atoms with Crippen LogP contribution in [0, 0.1) is 0 Å². The number of aromatic nitrogens is 2. The van der Waals surface area contributed by atoms with Crippen molar-refractivity contribution in [3.63, 3.8) is 0 Å². The quantitative estimate of drug-likeness (QED) is 0.594. The molecular formula is C21H20BrN3O3. The number of piperidine rings is 1. The third kappa shape index (κ3) is 3.80. The van der Waals surface area contributed by atoms with Gasteiger partial charge in [0.25, 0.3) is 5.91 Å². The maximum Gasteiger partial charge on any atom is 0.257 e. The predicted octanol–water partition coefficient (Wildman–Crippen LogP) is 4.53. The number of amides is 1. The second-order valence-corrected chi connectivity index (χ2v) is 7.65. The van der Waals surface area contributed by atoms with E-state index in [1.54, 1.807) is 13.2 Å². The molecule has 2 heterocycles. The van der Waals surface area contributed by atoms with Crippen LogP contribution in [-0.2, 0) is 0 Å². The van der Waals surface area contributed by atoms with Gasteiger partial charge in [-0.2, -0.15) is 4.98 Å². The van der Waals surface area contributed by atoms with E-state index in [1.807, 2.05) is 47.4 Å². The number of likely N-dealkylation sites (tertiary alicyclic amines) is 1. The van der Waals surface area contributed by atoms with Crippen molar-refractivity contribution < 1.29 is 14.1 Å². The van der Waals surface area contributed by atoms with Gasteiger partial charge < -0.3 is 14.2 Å². The van der Waals surface area contributed by atoms with Gasteiger partial charge in [-0.05, 0) is 49.2 Å². The minimum Gasteiger partial charge on any atom is -0.496 e. The van der Waals surface area contributed by atoms with Crippen LogP contribution in [0.3, 0.4) is 0 Å². The van der Waals surface area contributed by atoms with E-state index in [1.165, 1.54) is 0 Å².